The average molecular weight is 415 g/mol. The molecule has 31 heavy (non-hydrogen) atoms. The standard InChI is InChI=1S/C26H30N4O/c1-19(2)21-12-10-20(11-13-21)17-27-26(31)23-9-6-16-30(18-23)25-15-14-24(28-29-25)22-7-4-3-5-8-22/h3-5,7-8,10-15,19,23H,6,9,16-18H2,1-2H3,(H,27,31)/t23-/m0/s1. The van der Waals surface area contributed by atoms with E-state index in [0.29, 0.717) is 19.0 Å². The summed E-state index contributed by atoms with van der Waals surface area (Å²) in [6, 6.07) is 22.6. The fourth-order valence-corrected chi connectivity index (χ4v) is 4.01. The highest BCUT2D eigenvalue weighted by molar-refractivity contribution is 5.79. The molecule has 1 atom stereocenters. The molecule has 0 unspecified atom stereocenters. The van der Waals surface area contributed by atoms with Gasteiger partial charge < -0.3 is 10.2 Å². The molecule has 160 valence electrons. The average Bonchev–Trinajstić information content (AvgIpc) is 2.83. The molecule has 5 heteroatoms. The molecule has 2 heterocycles. The molecule has 2 aromatic carbocycles. The van der Waals surface area contributed by atoms with E-state index < -0.39 is 0 Å². The van der Waals surface area contributed by atoms with E-state index in [2.05, 4.69) is 58.5 Å². The van der Waals surface area contributed by atoms with Gasteiger partial charge in [0.05, 0.1) is 11.6 Å². The van der Waals surface area contributed by atoms with Gasteiger partial charge in [-0.15, -0.1) is 10.2 Å². The quantitative estimate of drug-likeness (QED) is 0.629. The molecular weight excluding hydrogens is 384 g/mol. The molecule has 1 fully saturated rings. The van der Waals surface area contributed by atoms with Gasteiger partial charge in [-0.2, -0.15) is 0 Å². The van der Waals surface area contributed by atoms with Crippen LogP contribution in [0.2, 0.25) is 0 Å². The predicted octanol–water partition coefficient (Wildman–Crippen LogP) is 4.80. The van der Waals surface area contributed by atoms with Crippen LogP contribution in [0.4, 0.5) is 5.82 Å². The van der Waals surface area contributed by atoms with Crippen LogP contribution < -0.4 is 10.2 Å². The van der Waals surface area contributed by atoms with Gasteiger partial charge in [-0.05, 0) is 42.0 Å². The number of aromatic nitrogens is 2. The number of carbonyl (C=O) groups excluding carboxylic acids is 1. The van der Waals surface area contributed by atoms with Crippen LogP contribution >= 0.6 is 0 Å². The number of amides is 1. The zero-order chi connectivity index (χ0) is 21.6. The van der Waals surface area contributed by atoms with Gasteiger partial charge in [-0.3, -0.25) is 4.79 Å². The summed E-state index contributed by atoms with van der Waals surface area (Å²) >= 11 is 0. The first-order chi connectivity index (χ1) is 15.1. The number of rotatable bonds is 6. The molecule has 0 spiro atoms. The van der Waals surface area contributed by atoms with Gasteiger partial charge in [0.1, 0.15) is 0 Å². The van der Waals surface area contributed by atoms with E-state index in [1.165, 1.54) is 5.56 Å². The van der Waals surface area contributed by atoms with Gasteiger partial charge in [-0.1, -0.05) is 68.4 Å². The first-order valence-corrected chi connectivity index (χ1v) is 11.1. The molecule has 1 amide bonds. The van der Waals surface area contributed by atoms with Gasteiger partial charge in [-0.25, -0.2) is 0 Å². The van der Waals surface area contributed by atoms with Crippen molar-refractivity contribution in [3.05, 3.63) is 77.9 Å². The maximum absolute atomic E-state index is 12.8. The second-order valence-electron chi connectivity index (χ2n) is 8.54. The summed E-state index contributed by atoms with van der Waals surface area (Å²) < 4.78 is 0. The van der Waals surface area contributed by atoms with Crippen molar-refractivity contribution in [3.8, 4) is 11.3 Å². The van der Waals surface area contributed by atoms with Crippen molar-refractivity contribution in [2.24, 2.45) is 5.92 Å². The van der Waals surface area contributed by atoms with Crippen molar-refractivity contribution >= 4 is 11.7 Å². The molecule has 4 rings (SSSR count). The highest BCUT2D eigenvalue weighted by Gasteiger charge is 2.26. The second kappa shape index (κ2) is 9.73. The summed E-state index contributed by atoms with van der Waals surface area (Å²) in [5, 5.41) is 11.9. The molecule has 0 saturated carbocycles. The molecule has 3 aromatic rings. The minimum absolute atomic E-state index is 0.0284. The molecule has 1 aliphatic rings. The fourth-order valence-electron chi connectivity index (χ4n) is 4.01. The summed E-state index contributed by atoms with van der Waals surface area (Å²) in [6.07, 6.45) is 1.88. The van der Waals surface area contributed by atoms with Crippen LogP contribution in [0.15, 0.2) is 66.7 Å². The summed E-state index contributed by atoms with van der Waals surface area (Å²) in [6.45, 7) is 6.52. The van der Waals surface area contributed by atoms with Crippen LogP contribution in [0, 0.1) is 5.92 Å². The van der Waals surface area contributed by atoms with Gasteiger partial charge >= 0.3 is 0 Å². The van der Waals surface area contributed by atoms with Crippen molar-refractivity contribution in [1.82, 2.24) is 15.5 Å². The Balaban J connectivity index is 1.34. The van der Waals surface area contributed by atoms with Crippen molar-refractivity contribution < 1.29 is 4.79 Å². The Morgan fingerprint density at radius 1 is 1.03 bits per heavy atom. The molecule has 5 nitrogen and oxygen atoms in total. The SMILES string of the molecule is CC(C)c1ccc(CNC(=O)[C@H]2CCCN(c3ccc(-c4ccccc4)nn3)C2)cc1. The molecule has 0 radical (unpaired) electrons. The number of anilines is 1. The van der Waals surface area contributed by atoms with E-state index in [1.54, 1.807) is 0 Å². The Morgan fingerprint density at radius 3 is 2.48 bits per heavy atom. The first-order valence-electron chi connectivity index (χ1n) is 11.1. The third-order valence-corrected chi connectivity index (χ3v) is 5.95. The topological polar surface area (TPSA) is 58.1 Å². The minimum Gasteiger partial charge on any atom is -0.354 e. The maximum atomic E-state index is 12.8. The predicted molar refractivity (Wildman–Crippen MR) is 125 cm³/mol. The minimum atomic E-state index is -0.0284. The summed E-state index contributed by atoms with van der Waals surface area (Å²) in [5.74, 6) is 1.44. The molecule has 1 saturated heterocycles. The second-order valence-corrected chi connectivity index (χ2v) is 8.54. The molecular formula is C26H30N4O. The number of nitrogens with zero attached hydrogens (tertiary/aromatic N) is 3. The van der Waals surface area contributed by atoms with Gasteiger partial charge in [0.2, 0.25) is 5.91 Å². The van der Waals surface area contributed by atoms with Crippen molar-refractivity contribution in [3.63, 3.8) is 0 Å². The Labute approximate surface area is 184 Å². The van der Waals surface area contributed by atoms with E-state index in [9.17, 15) is 4.79 Å². The van der Waals surface area contributed by atoms with E-state index >= 15 is 0 Å². The van der Waals surface area contributed by atoms with E-state index in [0.717, 1.165) is 42.0 Å². The van der Waals surface area contributed by atoms with E-state index in [-0.39, 0.29) is 11.8 Å². The van der Waals surface area contributed by atoms with Crippen molar-refractivity contribution in [2.45, 2.75) is 39.2 Å². The lowest BCUT2D eigenvalue weighted by Gasteiger charge is -2.32. The zero-order valence-electron chi connectivity index (χ0n) is 18.3. The molecule has 0 bridgehead atoms. The van der Waals surface area contributed by atoms with Gasteiger partial charge in [0.25, 0.3) is 0 Å². The Kier molecular flexibility index (Phi) is 6.60. The molecule has 1 aromatic heterocycles. The number of carbonyl (C=O) groups is 1. The monoisotopic (exact) mass is 414 g/mol. The van der Waals surface area contributed by atoms with Crippen LogP contribution in [0.3, 0.4) is 0 Å². The molecule has 1 N–H and O–H groups in total. The van der Waals surface area contributed by atoms with Gasteiger partial charge in [0, 0.05) is 25.2 Å². The van der Waals surface area contributed by atoms with Crippen LogP contribution in [0.25, 0.3) is 11.3 Å². The van der Waals surface area contributed by atoms with Crippen LogP contribution in [-0.4, -0.2) is 29.2 Å². The Hall–Kier alpha value is -3.21. The number of benzene rings is 2. The highest BCUT2D eigenvalue weighted by Crippen LogP contribution is 2.23. The Morgan fingerprint density at radius 2 is 1.81 bits per heavy atom. The number of hydrogen-bond donors (Lipinski definition) is 1. The summed E-state index contributed by atoms with van der Waals surface area (Å²) in [5.41, 5.74) is 4.36. The first kappa shape index (κ1) is 21.0. The van der Waals surface area contributed by atoms with E-state index in [4.69, 9.17) is 0 Å². The van der Waals surface area contributed by atoms with E-state index in [1.807, 2.05) is 42.5 Å². The maximum Gasteiger partial charge on any atom is 0.225 e. The number of nitrogens with one attached hydrogen (secondary N) is 1. The molecule has 0 aliphatic carbocycles. The van der Waals surface area contributed by atoms with Crippen molar-refractivity contribution in [2.75, 3.05) is 18.0 Å². The lowest BCUT2D eigenvalue weighted by molar-refractivity contribution is -0.125. The number of piperidine rings is 1. The summed E-state index contributed by atoms with van der Waals surface area (Å²) in [4.78, 5) is 15.0. The fraction of sp³-hybridized carbons (Fsp3) is 0.346. The van der Waals surface area contributed by atoms with Crippen LogP contribution in [-0.2, 0) is 11.3 Å². The highest BCUT2D eigenvalue weighted by atomic mass is 16.1. The van der Waals surface area contributed by atoms with Crippen LogP contribution in [0.1, 0.15) is 43.7 Å². The van der Waals surface area contributed by atoms with Crippen molar-refractivity contribution in [1.29, 1.82) is 0 Å². The van der Waals surface area contributed by atoms with Gasteiger partial charge in [0.15, 0.2) is 5.82 Å². The normalized spacial score (nSPS) is 16.4. The zero-order valence-corrected chi connectivity index (χ0v) is 18.3. The third-order valence-electron chi connectivity index (χ3n) is 5.95. The number of hydrogen-bond acceptors (Lipinski definition) is 4. The largest absolute Gasteiger partial charge is 0.354 e. The Bertz CT molecular complexity index is 984. The lowest BCUT2D eigenvalue weighted by atomic mass is 9.97. The lowest BCUT2D eigenvalue weighted by Crippen LogP contribution is -2.43. The smallest absolute Gasteiger partial charge is 0.225 e. The van der Waals surface area contributed by atoms with Crippen LogP contribution in [0.5, 0.6) is 0 Å². The summed E-state index contributed by atoms with van der Waals surface area (Å²) in [7, 11) is 0. The molecule has 1 aliphatic heterocycles. The third kappa shape index (κ3) is 5.29.